The van der Waals surface area contributed by atoms with Gasteiger partial charge in [-0.1, -0.05) is 24.3 Å². The van der Waals surface area contributed by atoms with Crippen LogP contribution in [0.2, 0.25) is 0 Å². The molecule has 1 aromatic heterocycles. The average Bonchev–Trinajstić information content (AvgIpc) is 2.66. The lowest BCUT2D eigenvalue weighted by atomic mass is 10.0. The smallest absolute Gasteiger partial charge is 0.0998 e. The Bertz CT molecular complexity index is 982. The minimum Gasteiger partial charge on any atom is -0.550 e. The number of anilines is 2. The monoisotopic (exact) mass is 362 g/mol. The fraction of sp³-hybridized carbons (Fsp3) is 0.150. The number of carbonyl (C=O) groups excluding carboxylic acids is 1. The summed E-state index contributed by atoms with van der Waals surface area (Å²) in [6.45, 7) is 0. The Kier molecular flexibility index (Phi) is 5.72. The van der Waals surface area contributed by atoms with Gasteiger partial charge >= 0.3 is 0 Å². The number of carbonyl (C=O) groups is 1. The molecule has 0 aliphatic carbocycles. The van der Waals surface area contributed by atoms with E-state index in [1.807, 2.05) is 36.4 Å². The van der Waals surface area contributed by atoms with Gasteiger partial charge in [-0.05, 0) is 36.8 Å². The molecular weight excluding hydrogens is 346 g/mol. The van der Waals surface area contributed by atoms with Crippen LogP contribution >= 0.6 is 11.8 Å². The van der Waals surface area contributed by atoms with Crippen molar-refractivity contribution in [2.24, 2.45) is 0 Å². The minimum atomic E-state index is -1.03. The summed E-state index contributed by atoms with van der Waals surface area (Å²) in [5.74, 6) is -0.344. The Hall–Kier alpha value is -3.04. The third-order valence-electron chi connectivity index (χ3n) is 3.88. The summed E-state index contributed by atoms with van der Waals surface area (Å²) in [7, 11) is 0. The maximum absolute atomic E-state index is 10.5. The summed E-state index contributed by atoms with van der Waals surface area (Å²) in [6.07, 6.45) is 4.06. The van der Waals surface area contributed by atoms with Gasteiger partial charge in [0.05, 0.1) is 23.5 Å². The number of rotatable bonds is 7. The van der Waals surface area contributed by atoms with Crippen LogP contribution in [-0.2, 0) is 4.79 Å². The second kappa shape index (κ2) is 8.37. The third-order valence-corrected chi connectivity index (χ3v) is 5.04. The van der Waals surface area contributed by atoms with E-state index < -0.39 is 5.97 Å². The zero-order chi connectivity index (χ0) is 18.4. The van der Waals surface area contributed by atoms with Crippen molar-refractivity contribution in [3.63, 3.8) is 0 Å². The van der Waals surface area contributed by atoms with Crippen molar-refractivity contribution in [3.8, 4) is 6.07 Å². The number of fused-ring (bicyclic) bond motifs is 1. The maximum Gasteiger partial charge on any atom is 0.0998 e. The molecule has 0 saturated heterocycles. The van der Waals surface area contributed by atoms with Gasteiger partial charge in [0.25, 0.3) is 0 Å². The van der Waals surface area contributed by atoms with Crippen LogP contribution in [0.3, 0.4) is 0 Å². The van der Waals surface area contributed by atoms with E-state index in [0.29, 0.717) is 17.7 Å². The Morgan fingerprint density at radius 3 is 2.73 bits per heavy atom. The van der Waals surface area contributed by atoms with Crippen LogP contribution < -0.4 is 10.4 Å². The number of thioether (sulfide) groups is 1. The lowest BCUT2D eigenvalue weighted by Gasteiger charge is -2.14. The molecule has 0 saturated carbocycles. The van der Waals surface area contributed by atoms with Gasteiger partial charge in [-0.2, -0.15) is 5.26 Å². The summed E-state index contributed by atoms with van der Waals surface area (Å²) >= 11 is 1.58. The highest BCUT2D eigenvalue weighted by molar-refractivity contribution is 7.99. The number of carboxylic acid groups (broad SMARTS) is 1. The van der Waals surface area contributed by atoms with E-state index in [0.717, 1.165) is 27.0 Å². The van der Waals surface area contributed by atoms with Crippen molar-refractivity contribution in [2.75, 3.05) is 11.1 Å². The average molecular weight is 362 g/mol. The second-order valence-corrected chi connectivity index (χ2v) is 6.78. The topological polar surface area (TPSA) is 88.8 Å². The van der Waals surface area contributed by atoms with Crippen molar-refractivity contribution in [2.45, 2.75) is 17.7 Å². The molecular formula is C20H16N3O2S-. The summed E-state index contributed by atoms with van der Waals surface area (Å²) in [4.78, 5) is 15.7. The fourth-order valence-corrected chi connectivity index (χ4v) is 3.58. The van der Waals surface area contributed by atoms with Crippen LogP contribution in [0.5, 0.6) is 0 Å². The van der Waals surface area contributed by atoms with E-state index in [-0.39, 0.29) is 6.42 Å². The quantitative estimate of drug-likeness (QED) is 0.511. The molecule has 3 aromatic rings. The van der Waals surface area contributed by atoms with Crippen LogP contribution in [0.25, 0.3) is 10.8 Å². The van der Waals surface area contributed by atoms with Gasteiger partial charge in [0.15, 0.2) is 0 Å². The van der Waals surface area contributed by atoms with Crippen LogP contribution in [0.4, 0.5) is 11.4 Å². The molecule has 0 spiro atoms. The van der Waals surface area contributed by atoms with Crippen molar-refractivity contribution in [1.82, 2.24) is 4.98 Å². The number of benzene rings is 2. The number of hydrogen-bond donors (Lipinski definition) is 1. The highest BCUT2D eigenvalue weighted by atomic mass is 32.2. The van der Waals surface area contributed by atoms with Gasteiger partial charge in [-0.25, -0.2) is 0 Å². The molecule has 6 heteroatoms. The Morgan fingerprint density at radius 2 is 1.96 bits per heavy atom. The Labute approximate surface area is 155 Å². The SMILES string of the molecule is N#Cc1ccc(Nc2cnccc2SCCCC(=O)[O-])c2ccccc12. The molecule has 0 radical (unpaired) electrons. The van der Waals surface area contributed by atoms with Crippen LogP contribution in [0, 0.1) is 11.3 Å². The predicted octanol–water partition coefficient (Wildman–Crippen LogP) is 3.47. The normalized spacial score (nSPS) is 10.4. The number of nitriles is 1. The molecule has 0 unspecified atom stereocenters. The number of hydrogen-bond acceptors (Lipinski definition) is 6. The molecule has 0 amide bonds. The van der Waals surface area contributed by atoms with E-state index in [1.54, 1.807) is 30.2 Å². The standard InChI is InChI=1S/C20H17N3O2S/c21-12-14-7-8-17(16-5-2-1-4-15(14)16)23-18-13-22-10-9-19(18)26-11-3-6-20(24)25/h1-2,4-5,7-10,13,23H,3,6,11H2,(H,24,25)/p-1. The lowest BCUT2D eigenvalue weighted by Crippen LogP contribution is -2.21. The minimum absolute atomic E-state index is 0.0567. The molecule has 130 valence electrons. The predicted molar refractivity (Wildman–Crippen MR) is 101 cm³/mol. The van der Waals surface area contributed by atoms with Gasteiger partial charge in [-0.3, -0.25) is 4.98 Å². The summed E-state index contributed by atoms with van der Waals surface area (Å²) in [5, 5.41) is 25.1. The van der Waals surface area contributed by atoms with Crippen molar-refractivity contribution >= 4 is 39.9 Å². The van der Waals surface area contributed by atoms with E-state index in [2.05, 4.69) is 16.4 Å². The number of pyridine rings is 1. The van der Waals surface area contributed by atoms with E-state index >= 15 is 0 Å². The largest absolute Gasteiger partial charge is 0.550 e. The maximum atomic E-state index is 10.5. The van der Waals surface area contributed by atoms with Crippen LogP contribution in [0.15, 0.2) is 59.8 Å². The second-order valence-electron chi connectivity index (χ2n) is 5.64. The van der Waals surface area contributed by atoms with Crippen LogP contribution in [0.1, 0.15) is 18.4 Å². The highest BCUT2D eigenvalue weighted by Gasteiger charge is 2.08. The lowest BCUT2D eigenvalue weighted by molar-refractivity contribution is -0.305. The van der Waals surface area contributed by atoms with E-state index in [4.69, 9.17) is 0 Å². The zero-order valence-electron chi connectivity index (χ0n) is 13.9. The molecule has 0 atom stereocenters. The van der Waals surface area contributed by atoms with Crippen LogP contribution in [-0.4, -0.2) is 16.7 Å². The first-order valence-electron chi connectivity index (χ1n) is 8.14. The van der Waals surface area contributed by atoms with Gasteiger partial charge in [0.1, 0.15) is 0 Å². The summed E-state index contributed by atoms with van der Waals surface area (Å²) < 4.78 is 0. The number of carboxylic acids is 1. The zero-order valence-corrected chi connectivity index (χ0v) is 14.8. The molecule has 0 aliphatic heterocycles. The molecule has 5 nitrogen and oxygen atoms in total. The molecule has 0 fully saturated rings. The number of aliphatic carboxylic acids is 1. The molecule has 26 heavy (non-hydrogen) atoms. The first kappa shape index (κ1) is 17.8. The molecule has 3 rings (SSSR count). The van der Waals surface area contributed by atoms with Gasteiger partial charge in [-0.15, -0.1) is 11.8 Å². The fourth-order valence-electron chi connectivity index (χ4n) is 2.65. The first-order chi connectivity index (χ1) is 12.7. The summed E-state index contributed by atoms with van der Waals surface area (Å²) in [6, 6.07) is 15.6. The van der Waals surface area contributed by atoms with Crippen molar-refractivity contribution < 1.29 is 9.90 Å². The van der Waals surface area contributed by atoms with Gasteiger partial charge in [0.2, 0.25) is 0 Å². The van der Waals surface area contributed by atoms with E-state index in [9.17, 15) is 15.2 Å². The number of aromatic nitrogens is 1. The third kappa shape index (κ3) is 4.13. The molecule has 0 aliphatic rings. The molecule has 1 N–H and O–H groups in total. The van der Waals surface area contributed by atoms with Crippen molar-refractivity contribution in [3.05, 3.63) is 60.4 Å². The number of nitrogens with one attached hydrogen (secondary N) is 1. The van der Waals surface area contributed by atoms with Crippen molar-refractivity contribution in [1.29, 1.82) is 5.26 Å². The Balaban J connectivity index is 1.85. The first-order valence-corrected chi connectivity index (χ1v) is 9.13. The molecule has 2 aromatic carbocycles. The summed E-state index contributed by atoms with van der Waals surface area (Å²) in [5.41, 5.74) is 2.37. The van der Waals surface area contributed by atoms with E-state index in [1.165, 1.54) is 0 Å². The Morgan fingerprint density at radius 1 is 1.15 bits per heavy atom. The highest BCUT2D eigenvalue weighted by Crippen LogP contribution is 2.33. The molecule has 0 bridgehead atoms. The molecule has 1 heterocycles. The van der Waals surface area contributed by atoms with Gasteiger partial charge in [0, 0.05) is 33.5 Å². The number of nitrogens with zero attached hydrogens (tertiary/aromatic N) is 2. The van der Waals surface area contributed by atoms with Gasteiger partial charge < -0.3 is 15.2 Å².